The molecule has 2 aromatic rings. The van der Waals surface area contributed by atoms with Gasteiger partial charge >= 0.3 is 17.9 Å². The highest BCUT2D eigenvalue weighted by molar-refractivity contribution is 6.30. The number of rotatable bonds is 17. The fourth-order valence-corrected chi connectivity index (χ4v) is 9.85. The molecule has 0 radical (unpaired) electrons. The third kappa shape index (κ3) is 19.7. The second-order valence-electron chi connectivity index (χ2n) is 20.3. The average molecular weight is 921 g/mol. The number of Topliss-reactive ketones (excluding diaryl/α,β-unsaturated/α-hetero) is 1. The molecule has 0 atom stereocenters. The van der Waals surface area contributed by atoms with Crippen LogP contribution in [0, 0.1) is 23.7 Å². The first kappa shape index (κ1) is 54.0. The van der Waals surface area contributed by atoms with E-state index < -0.39 is 11.2 Å². The van der Waals surface area contributed by atoms with Crippen LogP contribution in [0.2, 0.25) is 5.02 Å². The molecule has 0 aromatic heterocycles. The van der Waals surface area contributed by atoms with Crippen LogP contribution in [0.25, 0.3) is 0 Å². The summed E-state index contributed by atoms with van der Waals surface area (Å²) in [5.74, 6) is 1.49. The number of carbonyl (C=O) groups excluding carboxylic acids is 4. The second kappa shape index (κ2) is 27.3. The minimum atomic E-state index is -0.484. The van der Waals surface area contributed by atoms with Crippen molar-refractivity contribution in [2.24, 2.45) is 23.7 Å². The summed E-state index contributed by atoms with van der Waals surface area (Å²) in [5, 5.41) is 10.6. The molecule has 0 bridgehead atoms. The van der Waals surface area contributed by atoms with Crippen molar-refractivity contribution in [1.82, 2.24) is 16.0 Å². The van der Waals surface area contributed by atoms with Gasteiger partial charge in [0, 0.05) is 53.2 Å². The number of nitrogens with one attached hydrogen (secondary N) is 3. The van der Waals surface area contributed by atoms with Gasteiger partial charge in [-0.1, -0.05) is 80.6 Å². The minimum Gasteiger partial charge on any atom is -0.459 e. The number of ketones is 1. The van der Waals surface area contributed by atoms with Crippen LogP contribution in [0.5, 0.6) is 0 Å². The highest BCUT2D eigenvalue weighted by atomic mass is 35.5. The third-order valence-electron chi connectivity index (χ3n) is 14.1. The Morgan fingerprint density at radius 3 is 1.51 bits per heavy atom. The van der Waals surface area contributed by atoms with E-state index in [1.54, 1.807) is 24.3 Å². The summed E-state index contributed by atoms with van der Waals surface area (Å²) < 4.78 is 17.2. The van der Waals surface area contributed by atoms with Crippen molar-refractivity contribution in [2.75, 3.05) is 39.3 Å². The quantitative estimate of drug-likeness (QED) is 0.0610. The van der Waals surface area contributed by atoms with E-state index >= 15 is 0 Å². The summed E-state index contributed by atoms with van der Waals surface area (Å²) in [6, 6.07) is 16.6. The molecule has 6 rings (SSSR count). The van der Waals surface area contributed by atoms with E-state index in [2.05, 4.69) is 36.4 Å². The maximum absolute atomic E-state index is 12.3. The maximum Gasteiger partial charge on any atom is 0.334 e. The zero-order valence-electron chi connectivity index (χ0n) is 40.7. The molecule has 65 heavy (non-hydrogen) atoms. The molecule has 11 heteroatoms. The Kier molecular flexibility index (Phi) is 22.7. The Balaban J connectivity index is 0.000000214. The van der Waals surface area contributed by atoms with Gasteiger partial charge in [0.1, 0.15) is 16.8 Å². The van der Waals surface area contributed by atoms with Gasteiger partial charge in [-0.2, -0.15) is 0 Å². The van der Waals surface area contributed by atoms with Crippen LogP contribution >= 0.6 is 11.6 Å². The van der Waals surface area contributed by atoms with Gasteiger partial charge in [0.2, 0.25) is 0 Å². The molecule has 3 N–H and O–H groups in total. The summed E-state index contributed by atoms with van der Waals surface area (Å²) in [4.78, 5) is 48.5. The van der Waals surface area contributed by atoms with Crippen LogP contribution in [-0.2, 0) is 35.0 Å². The van der Waals surface area contributed by atoms with Crippen molar-refractivity contribution in [3.8, 4) is 0 Å². The van der Waals surface area contributed by atoms with Gasteiger partial charge < -0.3 is 30.2 Å². The van der Waals surface area contributed by atoms with Gasteiger partial charge in [0.25, 0.3) is 0 Å². The number of hydrogen-bond acceptors (Lipinski definition) is 10. The van der Waals surface area contributed by atoms with E-state index in [4.69, 9.17) is 25.8 Å². The minimum absolute atomic E-state index is 0.00865. The van der Waals surface area contributed by atoms with E-state index in [1.165, 1.54) is 38.5 Å². The van der Waals surface area contributed by atoms with Gasteiger partial charge in [-0.05, 0) is 168 Å². The number of esters is 3. The molecule has 1 saturated carbocycles. The number of piperidine rings is 3. The van der Waals surface area contributed by atoms with E-state index in [0.29, 0.717) is 46.8 Å². The molecular formula is C54H82ClN3O7. The second-order valence-corrected chi connectivity index (χ2v) is 20.7. The molecule has 0 unspecified atom stereocenters. The molecule has 10 nitrogen and oxygen atoms in total. The van der Waals surface area contributed by atoms with Crippen molar-refractivity contribution in [1.29, 1.82) is 0 Å². The zero-order valence-corrected chi connectivity index (χ0v) is 41.5. The highest BCUT2D eigenvalue weighted by Crippen LogP contribution is 2.33. The lowest BCUT2D eigenvalue weighted by Gasteiger charge is -2.36. The van der Waals surface area contributed by atoms with E-state index in [0.717, 1.165) is 95.7 Å². The number of halogens is 1. The summed E-state index contributed by atoms with van der Waals surface area (Å²) >= 11 is 5.80. The van der Waals surface area contributed by atoms with Crippen LogP contribution in [-0.4, -0.2) is 79.8 Å². The van der Waals surface area contributed by atoms with Crippen LogP contribution in [0.1, 0.15) is 160 Å². The van der Waals surface area contributed by atoms with Gasteiger partial charge in [0.15, 0.2) is 5.78 Å². The number of ether oxygens (including phenoxy) is 3. The van der Waals surface area contributed by atoms with Crippen LogP contribution in [0.3, 0.4) is 0 Å². The molecule has 0 spiro atoms. The highest BCUT2D eigenvalue weighted by Gasteiger charge is 2.36. The lowest BCUT2D eigenvalue weighted by atomic mass is 9.83. The molecule has 4 fully saturated rings. The molecule has 2 aromatic carbocycles. The van der Waals surface area contributed by atoms with Crippen LogP contribution < -0.4 is 16.0 Å². The Morgan fingerprint density at radius 1 is 0.585 bits per heavy atom. The fraction of sp³-hybridized carbons (Fsp3) is 0.667. The molecular weight excluding hydrogens is 838 g/mol. The van der Waals surface area contributed by atoms with Crippen molar-refractivity contribution in [2.45, 2.75) is 167 Å². The molecule has 362 valence electrons. The molecule has 4 aliphatic rings. The van der Waals surface area contributed by atoms with Gasteiger partial charge in [-0.3, -0.25) is 14.4 Å². The monoisotopic (exact) mass is 920 g/mol. The van der Waals surface area contributed by atoms with Crippen LogP contribution in [0.4, 0.5) is 0 Å². The SMILES string of the molecule is C=C(Cc1ccccc1)C(=O)OC(C)(C)C1CCNCC1.CC(C)(OC(=O)CCC(=O)c1ccc(Cl)cc1)C1CCNCC1.CC(C)(OC(=O)CCCC1CCCCC1)C1CCNCC1. The van der Waals surface area contributed by atoms with Crippen LogP contribution in [0.15, 0.2) is 66.7 Å². The summed E-state index contributed by atoms with van der Waals surface area (Å²) in [6.45, 7) is 22.0. The first-order valence-electron chi connectivity index (χ1n) is 24.7. The Morgan fingerprint density at radius 2 is 1.03 bits per heavy atom. The van der Waals surface area contributed by atoms with Gasteiger partial charge in [-0.15, -0.1) is 0 Å². The van der Waals surface area contributed by atoms with E-state index in [1.807, 2.05) is 58.0 Å². The first-order chi connectivity index (χ1) is 30.9. The Labute approximate surface area is 396 Å². The summed E-state index contributed by atoms with van der Waals surface area (Å²) in [5.41, 5.74) is 0.952. The van der Waals surface area contributed by atoms with Crippen molar-refractivity contribution < 1.29 is 33.4 Å². The average Bonchev–Trinajstić information content (AvgIpc) is 3.30. The summed E-state index contributed by atoms with van der Waals surface area (Å²) in [6.07, 6.45) is 16.9. The molecule has 0 amide bonds. The van der Waals surface area contributed by atoms with Gasteiger partial charge in [0.05, 0.1) is 6.42 Å². The lowest BCUT2D eigenvalue weighted by molar-refractivity contribution is -0.163. The Hall–Kier alpha value is -3.57. The predicted octanol–water partition coefficient (Wildman–Crippen LogP) is 10.8. The van der Waals surface area contributed by atoms with Gasteiger partial charge in [-0.25, -0.2) is 4.79 Å². The molecule has 3 heterocycles. The lowest BCUT2D eigenvalue weighted by Crippen LogP contribution is -2.43. The zero-order chi connectivity index (χ0) is 47.3. The molecule has 1 aliphatic carbocycles. The number of carbonyl (C=O) groups is 4. The molecule has 3 aliphatic heterocycles. The smallest absolute Gasteiger partial charge is 0.334 e. The standard InChI is InChI=1S/C18H24ClNO3.C18H25NO2.C18H33NO2/c1-18(2,14-9-11-20-12-10-14)23-17(22)8-7-16(21)13-3-5-15(19)6-4-13;1-14(13-15-7-5-4-6-8-15)17(20)21-18(2,3)16-9-11-19-12-10-16;1-18(2,16-11-13-19-14-12-16)21-17(20)10-6-9-15-7-4-3-5-8-15/h3-6,14,20H,7-12H2,1-2H3;4-8,16,19H,1,9-13H2,2-3H3;15-16,19H,3-14H2,1-2H3. The van der Waals surface area contributed by atoms with E-state index in [-0.39, 0.29) is 42.1 Å². The number of benzene rings is 2. The largest absolute Gasteiger partial charge is 0.459 e. The molecule has 3 saturated heterocycles. The van der Waals surface area contributed by atoms with Crippen molar-refractivity contribution in [3.05, 3.63) is 82.9 Å². The maximum atomic E-state index is 12.3. The third-order valence-corrected chi connectivity index (χ3v) is 14.3. The fourth-order valence-electron chi connectivity index (χ4n) is 9.72. The predicted molar refractivity (Wildman–Crippen MR) is 262 cm³/mol. The first-order valence-corrected chi connectivity index (χ1v) is 25.1. The van der Waals surface area contributed by atoms with Crippen molar-refractivity contribution >= 4 is 35.3 Å². The summed E-state index contributed by atoms with van der Waals surface area (Å²) in [7, 11) is 0. The number of hydrogen-bond donors (Lipinski definition) is 3. The Bertz CT molecular complexity index is 1760. The van der Waals surface area contributed by atoms with E-state index in [9.17, 15) is 19.2 Å². The normalized spacial score (nSPS) is 18.2. The van der Waals surface area contributed by atoms with Crippen molar-refractivity contribution in [3.63, 3.8) is 0 Å². The topological polar surface area (TPSA) is 132 Å².